The molecule has 0 bridgehead atoms. The molecule has 122 valence electrons. The summed E-state index contributed by atoms with van der Waals surface area (Å²) in [5, 5.41) is 0. The second-order valence-corrected chi connectivity index (χ2v) is 4.38. The van der Waals surface area contributed by atoms with Gasteiger partial charge in [-0.05, 0) is 27.2 Å². The zero-order valence-corrected chi connectivity index (χ0v) is 13.7. The van der Waals surface area contributed by atoms with Gasteiger partial charge in [-0.3, -0.25) is 0 Å². The maximum atomic E-state index is 10.8. The highest BCUT2D eigenvalue weighted by Crippen LogP contribution is 1.93. The Morgan fingerprint density at radius 1 is 0.857 bits per heavy atom. The van der Waals surface area contributed by atoms with Gasteiger partial charge in [0.1, 0.15) is 0 Å². The molecule has 0 radical (unpaired) electrons. The minimum Gasteiger partial charge on any atom is -0.462 e. The number of rotatable bonds is 9. The third-order valence-corrected chi connectivity index (χ3v) is 2.00. The summed E-state index contributed by atoms with van der Waals surface area (Å²) in [6.07, 6.45) is 1.60. The molecule has 0 atom stereocenters. The summed E-state index contributed by atoms with van der Waals surface area (Å²) in [5.74, 6) is -0.622. The lowest BCUT2D eigenvalue weighted by molar-refractivity contribution is -0.140. The number of carbonyl (C=O) groups is 2. The summed E-state index contributed by atoms with van der Waals surface area (Å²) in [5.41, 5.74) is 0.898. The molecule has 0 fully saturated rings. The van der Waals surface area contributed by atoms with Crippen LogP contribution in [0, 0.1) is 0 Å². The number of hydrogen-bond donors (Lipinski definition) is 0. The van der Waals surface area contributed by atoms with Crippen molar-refractivity contribution in [3.63, 3.8) is 0 Å². The molecule has 21 heavy (non-hydrogen) atoms. The lowest BCUT2D eigenvalue weighted by atomic mass is 10.4. The molecular weight excluding hydrogens is 272 g/mol. The van der Waals surface area contributed by atoms with Crippen LogP contribution < -0.4 is 0 Å². The second-order valence-electron chi connectivity index (χ2n) is 4.38. The van der Waals surface area contributed by atoms with Crippen molar-refractivity contribution in [3.8, 4) is 0 Å². The average molecular weight is 300 g/mol. The van der Waals surface area contributed by atoms with E-state index >= 15 is 0 Å². The van der Waals surface area contributed by atoms with Crippen molar-refractivity contribution in [2.45, 2.75) is 40.5 Å². The third kappa shape index (κ3) is 16.3. The molecular formula is C16H28O5. The molecule has 0 aliphatic heterocycles. The van der Waals surface area contributed by atoms with Crippen LogP contribution in [0.4, 0.5) is 0 Å². The predicted molar refractivity (Wildman–Crippen MR) is 82.9 cm³/mol. The first-order chi connectivity index (χ1) is 9.86. The Bertz CT molecular complexity index is 334. The predicted octanol–water partition coefficient (Wildman–Crippen LogP) is 3.05. The van der Waals surface area contributed by atoms with Crippen molar-refractivity contribution < 1.29 is 23.8 Å². The minimum absolute atomic E-state index is 0.295. The number of carbonyl (C=O) groups excluding carboxylic acids is 2. The van der Waals surface area contributed by atoms with Crippen molar-refractivity contribution in [1.29, 1.82) is 0 Å². The SMILES string of the molecule is C=C(C)C(=O)OCCC.C=C(C)C(=O)OCCCOCC. The molecule has 0 aliphatic carbocycles. The van der Waals surface area contributed by atoms with Gasteiger partial charge in [-0.2, -0.15) is 0 Å². The van der Waals surface area contributed by atoms with Crippen LogP contribution in [0.1, 0.15) is 40.5 Å². The van der Waals surface area contributed by atoms with E-state index in [0.717, 1.165) is 12.8 Å². The standard InChI is InChI=1S/C9H16O3.C7H12O2/c1-4-11-6-5-7-12-9(10)8(2)3;1-4-5-9-7(8)6(2)3/h2,4-7H2,1,3H3;2,4-5H2,1,3H3. The number of esters is 2. The Morgan fingerprint density at radius 3 is 1.71 bits per heavy atom. The molecule has 0 aromatic carbocycles. The van der Waals surface area contributed by atoms with Gasteiger partial charge < -0.3 is 14.2 Å². The minimum atomic E-state index is -0.327. The van der Waals surface area contributed by atoms with Crippen LogP contribution in [0.15, 0.2) is 24.3 Å². The molecule has 0 rings (SSSR count). The maximum Gasteiger partial charge on any atom is 0.333 e. The van der Waals surface area contributed by atoms with Crippen LogP contribution in [0.3, 0.4) is 0 Å². The fourth-order valence-corrected chi connectivity index (χ4v) is 0.911. The summed E-state index contributed by atoms with van der Waals surface area (Å²) in [4.78, 5) is 21.4. The van der Waals surface area contributed by atoms with E-state index < -0.39 is 0 Å². The van der Waals surface area contributed by atoms with Gasteiger partial charge in [-0.1, -0.05) is 20.1 Å². The van der Waals surface area contributed by atoms with Gasteiger partial charge in [0.2, 0.25) is 0 Å². The topological polar surface area (TPSA) is 61.8 Å². The molecule has 0 saturated carbocycles. The maximum absolute atomic E-state index is 10.8. The summed E-state index contributed by atoms with van der Waals surface area (Å²) in [6, 6.07) is 0. The fourth-order valence-electron chi connectivity index (χ4n) is 0.911. The quantitative estimate of drug-likeness (QED) is 0.372. The van der Waals surface area contributed by atoms with E-state index in [1.165, 1.54) is 0 Å². The van der Waals surface area contributed by atoms with Gasteiger partial charge >= 0.3 is 11.9 Å². The van der Waals surface area contributed by atoms with Gasteiger partial charge in [0.15, 0.2) is 0 Å². The van der Waals surface area contributed by atoms with E-state index in [1.807, 2.05) is 13.8 Å². The van der Waals surface area contributed by atoms with Gasteiger partial charge in [0.05, 0.1) is 13.2 Å². The van der Waals surface area contributed by atoms with Crippen LogP contribution in [0.5, 0.6) is 0 Å². The molecule has 5 nitrogen and oxygen atoms in total. The van der Waals surface area contributed by atoms with Gasteiger partial charge in [0.25, 0.3) is 0 Å². The fraction of sp³-hybridized carbons (Fsp3) is 0.625. The van der Waals surface area contributed by atoms with Crippen molar-refractivity contribution in [3.05, 3.63) is 24.3 Å². The Morgan fingerprint density at radius 2 is 1.33 bits per heavy atom. The first-order valence-corrected chi connectivity index (χ1v) is 7.09. The molecule has 0 heterocycles. The molecule has 0 aromatic heterocycles. The highest BCUT2D eigenvalue weighted by Gasteiger charge is 2.01. The average Bonchev–Trinajstić information content (AvgIpc) is 2.44. The molecule has 0 aliphatic rings. The summed E-state index contributed by atoms with van der Waals surface area (Å²) in [7, 11) is 0. The van der Waals surface area contributed by atoms with Crippen molar-refractivity contribution >= 4 is 11.9 Å². The zero-order valence-electron chi connectivity index (χ0n) is 13.7. The highest BCUT2D eigenvalue weighted by atomic mass is 16.5. The van der Waals surface area contributed by atoms with Crippen LogP contribution >= 0.6 is 0 Å². The van der Waals surface area contributed by atoms with E-state index in [-0.39, 0.29) is 11.9 Å². The Kier molecular flexibility index (Phi) is 15.3. The second kappa shape index (κ2) is 14.8. The molecule has 0 N–H and O–H groups in total. The smallest absolute Gasteiger partial charge is 0.333 e. The lowest BCUT2D eigenvalue weighted by Crippen LogP contribution is -2.08. The van der Waals surface area contributed by atoms with E-state index in [4.69, 9.17) is 14.2 Å². The Labute approximate surface area is 128 Å². The van der Waals surface area contributed by atoms with E-state index in [9.17, 15) is 9.59 Å². The van der Waals surface area contributed by atoms with Crippen LogP contribution in [0.25, 0.3) is 0 Å². The number of ether oxygens (including phenoxy) is 3. The van der Waals surface area contributed by atoms with E-state index in [0.29, 0.717) is 37.6 Å². The van der Waals surface area contributed by atoms with E-state index in [2.05, 4.69) is 13.2 Å². The van der Waals surface area contributed by atoms with Crippen molar-refractivity contribution in [2.75, 3.05) is 26.4 Å². The Balaban J connectivity index is 0. The van der Waals surface area contributed by atoms with Gasteiger partial charge in [-0.25, -0.2) is 9.59 Å². The zero-order chi connectivity index (χ0) is 16.7. The Hall–Kier alpha value is -1.62. The number of hydrogen-bond acceptors (Lipinski definition) is 5. The highest BCUT2D eigenvalue weighted by molar-refractivity contribution is 5.87. The molecule has 5 heteroatoms. The molecule has 0 unspecified atom stereocenters. The van der Waals surface area contributed by atoms with E-state index in [1.54, 1.807) is 13.8 Å². The first-order valence-electron chi connectivity index (χ1n) is 7.09. The monoisotopic (exact) mass is 300 g/mol. The molecule has 0 amide bonds. The lowest BCUT2D eigenvalue weighted by Gasteiger charge is -2.03. The normalized spacial score (nSPS) is 9.14. The van der Waals surface area contributed by atoms with Crippen molar-refractivity contribution in [2.24, 2.45) is 0 Å². The summed E-state index contributed by atoms with van der Waals surface area (Å²) in [6.45, 7) is 16.3. The van der Waals surface area contributed by atoms with Crippen molar-refractivity contribution in [1.82, 2.24) is 0 Å². The van der Waals surface area contributed by atoms with Crippen LogP contribution in [0.2, 0.25) is 0 Å². The van der Waals surface area contributed by atoms with Crippen LogP contribution in [-0.4, -0.2) is 38.4 Å². The van der Waals surface area contributed by atoms with Crippen LogP contribution in [-0.2, 0) is 23.8 Å². The van der Waals surface area contributed by atoms with Gasteiger partial charge in [-0.15, -0.1) is 0 Å². The largest absolute Gasteiger partial charge is 0.462 e. The molecule has 0 saturated heterocycles. The van der Waals surface area contributed by atoms with Gasteiger partial charge in [0, 0.05) is 30.8 Å². The first kappa shape index (κ1) is 21.7. The third-order valence-electron chi connectivity index (χ3n) is 2.00. The molecule has 0 spiro atoms. The summed E-state index contributed by atoms with van der Waals surface area (Å²) >= 11 is 0. The molecule has 0 aromatic rings. The summed E-state index contributed by atoms with van der Waals surface area (Å²) < 4.78 is 14.6.